The largest absolute Gasteiger partial charge is 0.726 e. The Bertz CT molecular complexity index is 785. The first-order valence-corrected chi connectivity index (χ1v) is 7.52. The number of hydrogen-bond donors (Lipinski definition) is 0. The topological polar surface area (TPSA) is 96.6 Å². The molecule has 8 heteroatoms. The van der Waals surface area contributed by atoms with Crippen LogP contribution in [0.15, 0.2) is 30.3 Å². The number of methoxy groups -OCH3 is 1. The molecule has 7 nitrogen and oxygen atoms in total. The van der Waals surface area contributed by atoms with Gasteiger partial charge >= 0.3 is 5.97 Å². The van der Waals surface area contributed by atoms with Crippen molar-refractivity contribution in [3.63, 3.8) is 0 Å². The monoisotopic (exact) mass is 327 g/mol. The van der Waals surface area contributed by atoms with Crippen LogP contribution in [0.25, 0.3) is 10.9 Å². The molecule has 0 atom stereocenters. The number of fused-ring (bicyclic) bond motifs is 1. The Morgan fingerprint density at radius 2 is 1.77 bits per heavy atom. The highest BCUT2D eigenvalue weighted by molar-refractivity contribution is 7.80. The van der Waals surface area contributed by atoms with Crippen LogP contribution in [0.1, 0.15) is 16.1 Å². The Morgan fingerprint density at radius 3 is 2.27 bits per heavy atom. The summed E-state index contributed by atoms with van der Waals surface area (Å²) in [5.74, 6) is -0.309. The van der Waals surface area contributed by atoms with Crippen molar-refractivity contribution < 1.29 is 31.3 Å². The van der Waals surface area contributed by atoms with Crippen molar-refractivity contribution >= 4 is 27.3 Å². The second-order valence-electron chi connectivity index (χ2n) is 4.36. The van der Waals surface area contributed by atoms with Gasteiger partial charge in [-0.2, -0.15) is 4.57 Å². The molecule has 0 aliphatic rings. The van der Waals surface area contributed by atoms with Crippen molar-refractivity contribution in [2.24, 2.45) is 7.05 Å². The van der Waals surface area contributed by atoms with E-state index in [9.17, 15) is 17.8 Å². The lowest BCUT2D eigenvalue weighted by Crippen LogP contribution is -2.37. The van der Waals surface area contributed by atoms with Gasteiger partial charge in [0.25, 0.3) is 5.69 Å². The van der Waals surface area contributed by atoms with Gasteiger partial charge in [0, 0.05) is 17.5 Å². The molecule has 22 heavy (non-hydrogen) atoms. The second kappa shape index (κ2) is 7.30. The zero-order valence-corrected chi connectivity index (χ0v) is 13.5. The minimum atomic E-state index is -4.41. The fourth-order valence-electron chi connectivity index (χ4n) is 1.91. The number of benzene rings is 1. The number of ether oxygens (including phenoxy) is 1. The number of hydrogen-bond acceptors (Lipinski definition) is 6. The standard InChI is InChI=1S/C13H14NO2.CH4O4S/c1-9-8-12(13(15)16-3)14(2)11-7-5-4-6-10(9)11;1-5-6(2,3)4/h4-8H,1-3H3;1H3,(H,2,3,4)/q+1;/p-1. The molecule has 0 N–H and O–H groups in total. The zero-order valence-electron chi connectivity index (χ0n) is 12.7. The number of esters is 1. The fraction of sp³-hybridized carbons (Fsp3) is 0.286. The smallest absolute Gasteiger partial charge is 0.403 e. The molecule has 120 valence electrons. The molecular formula is C14H17NO6S. The number of carbonyl (C=O) groups is 1. The number of pyridine rings is 1. The quantitative estimate of drug-likeness (QED) is 0.351. The summed E-state index contributed by atoms with van der Waals surface area (Å²) in [6, 6.07) is 9.85. The molecule has 0 saturated heterocycles. The van der Waals surface area contributed by atoms with Crippen molar-refractivity contribution in [3.8, 4) is 0 Å². The van der Waals surface area contributed by atoms with Crippen LogP contribution in [-0.2, 0) is 26.4 Å². The van der Waals surface area contributed by atoms with Crippen LogP contribution in [0.2, 0.25) is 0 Å². The van der Waals surface area contributed by atoms with Crippen molar-refractivity contribution in [3.05, 3.63) is 41.6 Å². The predicted octanol–water partition coefficient (Wildman–Crippen LogP) is 0.852. The second-order valence-corrected chi connectivity index (χ2v) is 5.51. The molecule has 0 spiro atoms. The number of nitrogens with zero attached hydrogens (tertiary/aromatic N) is 1. The number of aromatic nitrogens is 1. The predicted molar refractivity (Wildman–Crippen MR) is 77.9 cm³/mol. The average Bonchev–Trinajstić information content (AvgIpc) is 2.50. The summed E-state index contributed by atoms with van der Waals surface area (Å²) in [5.41, 5.74) is 2.68. The Balaban J connectivity index is 0.000000346. The van der Waals surface area contributed by atoms with Crippen LogP contribution in [-0.4, -0.2) is 33.2 Å². The summed E-state index contributed by atoms with van der Waals surface area (Å²) in [6.45, 7) is 1.99. The average molecular weight is 327 g/mol. The molecule has 0 amide bonds. The maximum absolute atomic E-state index is 11.6. The molecule has 1 aromatic carbocycles. The number of para-hydroxylation sites is 1. The van der Waals surface area contributed by atoms with E-state index >= 15 is 0 Å². The van der Waals surface area contributed by atoms with E-state index in [1.165, 1.54) is 7.11 Å². The van der Waals surface area contributed by atoms with E-state index in [4.69, 9.17) is 4.74 Å². The highest BCUT2D eigenvalue weighted by atomic mass is 32.3. The summed E-state index contributed by atoms with van der Waals surface area (Å²) < 4.78 is 37.6. The molecule has 1 heterocycles. The van der Waals surface area contributed by atoms with Gasteiger partial charge in [-0.1, -0.05) is 12.1 Å². The van der Waals surface area contributed by atoms with E-state index in [1.54, 1.807) is 0 Å². The maximum atomic E-state index is 11.6. The molecule has 2 aromatic rings. The number of carbonyl (C=O) groups excluding carboxylic acids is 1. The lowest BCUT2D eigenvalue weighted by Gasteiger charge is -2.04. The first-order chi connectivity index (χ1) is 10.2. The minimum Gasteiger partial charge on any atom is -0.726 e. The minimum absolute atomic E-state index is 0.309. The van der Waals surface area contributed by atoms with E-state index in [1.807, 2.05) is 48.9 Å². The zero-order chi connectivity index (χ0) is 16.9. The first kappa shape index (κ1) is 18.0. The molecule has 0 bridgehead atoms. The molecule has 0 aliphatic carbocycles. The highest BCUT2D eigenvalue weighted by Gasteiger charge is 2.21. The third-order valence-electron chi connectivity index (χ3n) is 3.00. The number of rotatable bonds is 2. The Kier molecular flexibility index (Phi) is 5.98. The molecular weight excluding hydrogens is 310 g/mol. The lowest BCUT2D eigenvalue weighted by molar-refractivity contribution is -0.647. The van der Waals surface area contributed by atoms with Gasteiger partial charge in [0.2, 0.25) is 15.9 Å². The van der Waals surface area contributed by atoms with E-state index in [0.717, 1.165) is 23.6 Å². The van der Waals surface area contributed by atoms with Crippen LogP contribution in [0.5, 0.6) is 0 Å². The van der Waals surface area contributed by atoms with Gasteiger partial charge in [-0.15, -0.1) is 0 Å². The molecule has 0 unspecified atom stereocenters. The summed E-state index contributed by atoms with van der Waals surface area (Å²) in [6.07, 6.45) is 0. The van der Waals surface area contributed by atoms with E-state index in [0.29, 0.717) is 5.69 Å². The Hall–Kier alpha value is -2.03. The summed E-state index contributed by atoms with van der Waals surface area (Å²) in [7, 11) is -0.339. The van der Waals surface area contributed by atoms with Crippen LogP contribution in [0.3, 0.4) is 0 Å². The summed E-state index contributed by atoms with van der Waals surface area (Å²) >= 11 is 0. The maximum Gasteiger partial charge on any atom is 0.403 e. The van der Waals surface area contributed by atoms with Crippen LogP contribution < -0.4 is 4.57 Å². The van der Waals surface area contributed by atoms with Crippen LogP contribution >= 0.6 is 0 Å². The molecule has 0 fully saturated rings. The van der Waals surface area contributed by atoms with Crippen molar-refractivity contribution in [1.82, 2.24) is 0 Å². The third-order valence-corrected chi connectivity index (χ3v) is 3.41. The van der Waals surface area contributed by atoms with Gasteiger partial charge in [0.05, 0.1) is 14.2 Å². The SMILES string of the molecule is COC(=O)c1cc(C)c2ccccc2[n+]1C.COS(=O)(=O)[O-]. The normalized spacial score (nSPS) is 10.8. The van der Waals surface area contributed by atoms with Crippen molar-refractivity contribution in [2.75, 3.05) is 14.2 Å². The van der Waals surface area contributed by atoms with E-state index < -0.39 is 10.4 Å². The van der Waals surface area contributed by atoms with Gasteiger partial charge in [-0.05, 0) is 18.6 Å². The van der Waals surface area contributed by atoms with Crippen molar-refractivity contribution in [2.45, 2.75) is 6.92 Å². The van der Waals surface area contributed by atoms with Gasteiger partial charge in [0.1, 0.15) is 7.05 Å². The Labute approximate surface area is 129 Å². The fourth-order valence-corrected chi connectivity index (χ4v) is 1.91. The third kappa shape index (κ3) is 4.48. The number of aryl methyl sites for hydroxylation is 2. The highest BCUT2D eigenvalue weighted by Crippen LogP contribution is 2.15. The molecule has 0 saturated carbocycles. The van der Waals surface area contributed by atoms with Gasteiger partial charge in [-0.3, -0.25) is 4.18 Å². The Morgan fingerprint density at radius 1 is 1.23 bits per heavy atom. The van der Waals surface area contributed by atoms with Gasteiger partial charge in [0.15, 0.2) is 0 Å². The van der Waals surface area contributed by atoms with E-state index in [-0.39, 0.29) is 5.97 Å². The molecule has 2 rings (SSSR count). The summed E-state index contributed by atoms with van der Waals surface area (Å²) in [5, 5.41) is 1.15. The van der Waals surface area contributed by atoms with Crippen LogP contribution in [0, 0.1) is 6.92 Å². The first-order valence-electron chi connectivity index (χ1n) is 6.19. The molecule has 0 radical (unpaired) electrons. The van der Waals surface area contributed by atoms with E-state index in [2.05, 4.69) is 4.18 Å². The summed E-state index contributed by atoms with van der Waals surface area (Å²) in [4.78, 5) is 11.6. The lowest BCUT2D eigenvalue weighted by atomic mass is 10.1. The molecule has 0 aliphatic heterocycles. The molecule has 1 aromatic heterocycles. The van der Waals surface area contributed by atoms with Gasteiger partial charge < -0.3 is 9.29 Å². The van der Waals surface area contributed by atoms with Crippen molar-refractivity contribution in [1.29, 1.82) is 0 Å². The van der Waals surface area contributed by atoms with Gasteiger partial charge in [-0.25, -0.2) is 13.2 Å². The van der Waals surface area contributed by atoms with Crippen LogP contribution in [0.4, 0.5) is 0 Å².